The Kier molecular flexibility index (Phi) is 5.24. The maximum Gasteiger partial charge on any atom is 0.241 e. The molecule has 1 aliphatic carbocycles. The lowest BCUT2D eigenvalue weighted by Crippen LogP contribution is -2.51. The summed E-state index contributed by atoms with van der Waals surface area (Å²) in [6.45, 7) is 5.64. The van der Waals surface area contributed by atoms with Crippen LogP contribution in [0.5, 0.6) is 0 Å². The first-order chi connectivity index (χ1) is 10.3. The molecule has 2 atom stereocenters. The third-order valence-electron chi connectivity index (χ3n) is 3.98. The van der Waals surface area contributed by atoms with Gasteiger partial charge in [-0.15, -0.1) is 0 Å². The minimum absolute atomic E-state index is 0.0926. The lowest BCUT2D eigenvalue weighted by Gasteiger charge is -2.24. The number of sulfonamides is 1. The molecule has 0 heterocycles. The highest BCUT2D eigenvalue weighted by molar-refractivity contribution is 7.89. The van der Waals surface area contributed by atoms with Crippen molar-refractivity contribution in [2.45, 2.75) is 50.6 Å². The van der Waals surface area contributed by atoms with E-state index in [1.54, 1.807) is 18.2 Å². The number of nitrogens with one attached hydrogen (secondary N) is 2. The second-order valence-corrected chi connectivity index (χ2v) is 8.00. The number of carbonyl (C=O) groups is 1. The Morgan fingerprint density at radius 2 is 1.73 bits per heavy atom. The molecule has 0 bridgehead atoms. The Labute approximate surface area is 132 Å². The van der Waals surface area contributed by atoms with Gasteiger partial charge >= 0.3 is 0 Å². The zero-order chi connectivity index (χ0) is 16.3. The molecule has 2 rings (SSSR count). The lowest BCUT2D eigenvalue weighted by molar-refractivity contribution is -0.124. The van der Waals surface area contributed by atoms with Gasteiger partial charge in [0.2, 0.25) is 15.9 Å². The van der Waals surface area contributed by atoms with Crippen LogP contribution in [0.4, 0.5) is 0 Å². The summed E-state index contributed by atoms with van der Waals surface area (Å²) < 4.78 is 27.3. The Hall–Kier alpha value is -1.40. The minimum atomic E-state index is -3.70. The number of amides is 1. The van der Waals surface area contributed by atoms with Crippen LogP contribution in [-0.4, -0.2) is 26.4 Å². The average Bonchev–Trinajstić information content (AvgIpc) is 3.30. The molecule has 1 aliphatic rings. The summed E-state index contributed by atoms with van der Waals surface area (Å²) in [7, 11) is -3.70. The van der Waals surface area contributed by atoms with Gasteiger partial charge in [0.1, 0.15) is 6.04 Å². The smallest absolute Gasteiger partial charge is 0.241 e. The van der Waals surface area contributed by atoms with Crippen LogP contribution in [0.25, 0.3) is 0 Å². The maximum absolute atomic E-state index is 12.4. The maximum atomic E-state index is 12.4. The van der Waals surface area contributed by atoms with Crippen LogP contribution in [0.2, 0.25) is 0 Å². The molecule has 2 N–H and O–H groups in total. The molecule has 5 nitrogen and oxygen atoms in total. The number of carbonyl (C=O) groups excluding carboxylic acids is 1. The molecule has 0 saturated heterocycles. The zero-order valence-corrected chi connectivity index (χ0v) is 14.1. The van der Waals surface area contributed by atoms with Crippen LogP contribution in [0.3, 0.4) is 0 Å². The standard InChI is InChI=1S/C16H24N2O3S/c1-11(2)15(16(19)17-12(3)13-9-10-13)18-22(20,21)14-7-5-4-6-8-14/h4-8,11-13,15,18H,9-10H2,1-3H3,(H,17,19). The van der Waals surface area contributed by atoms with Gasteiger partial charge in [-0.2, -0.15) is 4.72 Å². The second kappa shape index (κ2) is 6.79. The summed E-state index contributed by atoms with van der Waals surface area (Å²) in [5.41, 5.74) is 0. The normalized spacial score (nSPS) is 18.0. The second-order valence-electron chi connectivity index (χ2n) is 6.29. The lowest BCUT2D eigenvalue weighted by atomic mass is 10.0. The van der Waals surface area contributed by atoms with Crippen molar-refractivity contribution >= 4 is 15.9 Å². The summed E-state index contributed by atoms with van der Waals surface area (Å²) >= 11 is 0. The molecule has 6 heteroatoms. The quantitative estimate of drug-likeness (QED) is 0.804. The van der Waals surface area contributed by atoms with Crippen LogP contribution in [-0.2, 0) is 14.8 Å². The van der Waals surface area contributed by atoms with Crippen LogP contribution in [0.15, 0.2) is 35.2 Å². The van der Waals surface area contributed by atoms with Crippen molar-refractivity contribution in [1.29, 1.82) is 0 Å². The van der Waals surface area contributed by atoms with Crippen molar-refractivity contribution in [3.63, 3.8) is 0 Å². The number of rotatable bonds is 7. The summed E-state index contributed by atoms with van der Waals surface area (Å²) in [6.07, 6.45) is 2.26. The Balaban J connectivity index is 2.09. The zero-order valence-electron chi connectivity index (χ0n) is 13.2. The van der Waals surface area contributed by atoms with Crippen molar-refractivity contribution in [2.75, 3.05) is 0 Å². The molecule has 1 fully saturated rings. The van der Waals surface area contributed by atoms with E-state index in [1.165, 1.54) is 12.1 Å². The van der Waals surface area contributed by atoms with Crippen LogP contribution in [0.1, 0.15) is 33.6 Å². The summed E-state index contributed by atoms with van der Waals surface area (Å²) in [6, 6.07) is 7.43. The van der Waals surface area contributed by atoms with E-state index in [0.29, 0.717) is 5.92 Å². The summed E-state index contributed by atoms with van der Waals surface area (Å²) in [4.78, 5) is 12.6. The number of benzene rings is 1. The first kappa shape index (κ1) is 17.0. The monoisotopic (exact) mass is 324 g/mol. The van der Waals surface area contributed by atoms with E-state index in [1.807, 2.05) is 20.8 Å². The van der Waals surface area contributed by atoms with Gasteiger partial charge in [-0.05, 0) is 43.7 Å². The van der Waals surface area contributed by atoms with Crippen molar-refractivity contribution in [1.82, 2.24) is 10.0 Å². The van der Waals surface area contributed by atoms with Gasteiger partial charge < -0.3 is 5.32 Å². The molecular formula is C16H24N2O3S. The summed E-state index contributed by atoms with van der Waals surface area (Å²) in [5, 5.41) is 2.93. The fourth-order valence-corrected chi connectivity index (χ4v) is 3.72. The van der Waals surface area contributed by atoms with E-state index < -0.39 is 16.1 Å². The molecule has 1 aromatic carbocycles. The third-order valence-corrected chi connectivity index (χ3v) is 5.44. The Morgan fingerprint density at radius 1 is 1.14 bits per heavy atom. The molecule has 122 valence electrons. The van der Waals surface area contributed by atoms with Gasteiger partial charge in [0.05, 0.1) is 4.90 Å². The molecule has 0 aliphatic heterocycles. The van der Waals surface area contributed by atoms with Gasteiger partial charge in [0.15, 0.2) is 0 Å². The number of hydrogen-bond acceptors (Lipinski definition) is 3. The van der Waals surface area contributed by atoms with Crippen molar-refractivity contribution in [3.05, 3.63) is 30.3 Å². The topological polar surface area (TPSA) is 75.3 Å². The van der Waals surface area contributed by atoms with E-state index in [-0.39, 0.29) is 22.8 Å². The SMILES string of the molecule is CC(C)C(NS(=O)(=O)c1ccccc1)C(=O)NC(C)C1CC1. The third kappa shape index (κ3) is 4.30. The van der Waals surface area contributed by atoms with Crippen molar-refractivity contribution < 1.29 is 13.2 Å². The molecule has 0 aromatic heterocycles. The highest BCUT2D eigenvalue weighted by atomic mass is 32.2. The van der Waals surface area contributed by atoms with Crippen LogP contribution in [0, 0.1) is 11.8 Å². The van der Waals surface area contributed by atoms with Gasteiger partial charge in [0.25, 0.3) is 0 Å². The van der Waals surface area contributed by atoms with E-state index in [4.69, 9.17) is 0 Å². The first-order valence-corrected chi connectivity index (χ1v) is 9.17. The van der Waals surface area contributed by atoms with Crippen molar-refractivity contribution in [2.24, 2.45) is 11.8 Å². The predicted molar refractivity (Wildman–Crippen MR) is 85.7 cm³/mol. The van der Waals surface area contributed by atoms with Gasteiger partial charge in [-0.1, -0.05) is 32.0 Å². The highest BCUT2D eigenvalue weighted by Crippen LogP contribution is 2.32. The fourth-order valence-electron chi connectivity index (χ4n) is 2.36. The van der Waals surface area contributed by atoms with E-state index in [0.717, 1.165) is 12.8 Å². The molecule has 0 radical (unpaired) electrons. The molecule has 2 unspecified atom stereocenters. The molecule has 1 amide bonds. The van der Waals surface area contributed by atoms with Crippen molar-refractivity contribution in [3.8, 4) is 0 Å². The first-order valence-electron chi connectivity index (χ1n) is 7.69. The van der Waals surface area contributed by atoms with E-state index in [9.17, 15) is 13.2 Å². The largest absolute Gasteiger partial charge is 0.352 e. The fraction of sp³-hybridized carbons (Fsp3) is 0.562. The molecule has 1 aromatic rings. The van der Waals surface area contributed by atoms with Crippen LogP contribution < -0.4 is 10.0 Å². The Bertz CT molecular complexity index is 610. The molecule has 1 saturated carbocycles. The number of hydrogen-bond donors (Lipinski definition) is 2. The van der Waals surface area contributed by atoms with Gasteiger partial charge in [0, 0.05) is 6.04 Å². The van der Waals surface area contributed by atoms with E-state index >= 15 is 0 Å². The molecule has 0 spiro atoms. The highest BCUT2D eigenvalue weighted by Gasteiger charge is 2.33. The van der Waals surface area contributed by atoms with Crippen LogP contribution >= 0.6 is 0 Å². The van der Waals surface area contributed by atoms with E-state index in [2.05, 4.69) is 10.0 Å². The Morgan fingerprint density at radius 3 is 2.23 bits per heavy atom. The predicted octanol–water partition coefficient (Wildman–Crippen LogP) is 1.90. The molecule has 22 heavy (non-hydrogen) atoms. The van der Waals surface area contributed by atoms with Gasteiger partial charge in [-0.25, -0.2) is 8.42 Å². The average molecular weight is 324 g/mol. The minimum Gasteiger partial charge on any atom is -0.352 e. The summed E-state index contributed by atoms with van der Waals surface area (Å²) in [5.74, 6) is 0.140. The molecular weight excluding hydrogens is 300 g/mol. The van der Waals surface area contributed by atoms with Gasteiger partial charge in [-0.3, -0.25) is 4.79 Å².